The Morgan fingerprint density at radius 3 is 2.73 bits per heavy atom. The van der Waals surface area contributed by atoms with Gasteiger partial charge < -0.3 is 15.4 Å². The summed E-state index contributed by atoms with van der Waals surface area (Å²) < 4.78 is 5.28. The molecule has 2 N–H and O–H groups in total. The van der Waals surface area contributed by atoms with Gasteiger partial charge in [0.2, 0.25) is 5.91 Å². The first-order valence-corrected chi connectivity index (χ1v) is 7.78. The van der Waals surface area contributed by atoms with E-state index in [1.54, 1.807) is 18.3 Å². The fourth-order valence-electron chi connectivity index (χ4n) is 2.40. The van der Waals surface area contributed by atoms with Crippen molar-refractivity contribution in [1.29, 1.82) is 0 Å². The molecule has 0 saturated carbocycles. The highest BCUT2D eigenvalue weighted by molar-refractivity contribution is 5.93. The minimum Gasteiger partial charge on any atom is -0.381 e. The molecule has 0 atom stereocenters. The van der Waals surface area contributed by atoms with Crippen LogP contribution < -0.4 is 10.6 Å². The van der Waals surface area contributed by atoms with Crippen molar-refractivity contribution < 1.29 is 14.3 Å². The molecule has 6 nitrogen and oxygen atoms in total. The van der Waals surface area contributed by atoms with Crippen molar-refractivity contribution >= 4 is 11.8 Å². The SMILES string of the molecule is O=C(CC1CCOCC1)NCCCNC(=O)c1cccnc1. The van der Waals surface area contributed by atoms with Crippen molar-refractivity contribution in [3.8, 4) is 0 Å². The van der Waals surface area contributed by atoms with E-state index >= 15 is 0 Å². The third-order valence-electron chi connectivity index (χ3n) is 3.70. The average Bonchev–Trinajstić information content (AvgIpc) is 2.56. The van der Waals surface area contributed by atoms with Gasteiger partial charge in [0.05, 0.1) is 5.56 Å². The Bertz CT molecular complexity index is 473. The third-order valence-corrected chi connectivity index (χ3v) is 3.70. The molecular weight excluding hydrogens is 282 g/mol. The van der Waals surface area contributed by atoms with Crippen molar-refractivity contribution in [3.05, 3.63) is 30.1 Å². The van der Waals surface area contributed by atoms with Crippen LogP contribution in [0.5, 0.6) is 0 Å². The molecule has 1 fully saturated rings. The normalized spacial score (nSPS) is 15.3. The van der Waals surface area contributed by atoms with Gasteiger partial charge in [-0.1, -0.05) is 0 Å². The molecule has 0 aromatic carbocycles. The molecule has 0 spiro atoms. The summed E-state index contributed by atoms with van der Waals surface area (Å²) in [6.07, 6.45) is 6.38. The number of carbonyl (C=O) groups is 2. The number of hydrogen-bond donors (Lipinski definition) is 2. The molecular formula is C16H23N3O3. The predicted molar refractivity (Wildman–Crippen MR) is 82.4 cm³/mol. The molecule has 1 saturated heterocycles. The molecule has 120 valence electrons. The molecule has 1 aromatic rings. The molecule has 2 rings (SSSR count). The van der Waals surface area contributed by atoms with E-state index in [1.807, 2.05) is 0 Å². The van der Waals surface area contributed by atoms with Gasteiger partial charge in [-0.2, -0.15) is 0 Å². The first-order chi connectivity index (χ1) is 10.8. The first kappa shape index (κ1) is 16.4. The summed E-state index contributed by atoms with van der Waals surface area (Å²) in [4.78, 5) is 27.4. The van der Waals surface area contributed by atoms with Gasteiger partial charge in [-0.3, -0.25) is 14.6 Å². The molecule has 2 heterocycles. The first-order valence-electron chi connectivity index (χ1n) is 7.78. The average molecular weight is 305 g/mol. The molecule has 2 amide bonds. The summed E-state index contributed by atoms with van der Waals surface area (Å²) in [5, 5.41) is 5.71. The summed E-state index contributed by atoms with van der Waals surface area (Å²) in [6, 6.07) is 3.45. The van der Waals surface area contributed by atoms with Crippen LogP contribution in [0.1, 0.15) is 36.0 Å². The number of aromatic nitrogens is 1. The van der Waals surface area contributed by atoms with Crippen LogP contribution in [0.2, 0.25) is 0 Å². The van der Waals surface area contributed by atoms with Crippen LogP contribution in [0, 0.1) is 5.92 Å². The van der Waals surface area contributed by atoms with Gasteiger partial charge in [0.25, 0.3) is 5.91 Å². The standard InChI is InChI=1S/C16H23N3O3/c20-15(11-13-4-9-22-10-5-13)18-7-2-8-19-16(21)14-3-1-6-17-12-14/h1,3,6,12-13H,2,4-5,7-11H2,(H,18,20)(H,19,21). The molecule has 1 aliphatic rings. The van der Waals surface area contributed by atoms with Crippen LogP contribution in [0.3, 0.4) is 0 Å². The molecule has 0 radical (unpaired) electrons. The third kappa shape index (κ3) is 5.81. The van der Waals surface area contributed by atoms with Crippen molar-refractivity contribution in [2.45, 2.75) is 25.7 Å². The minimum atomic E-state index is -0.137. The smallest absolute Gasteiger partial charge is 0.252 e. The quantitative estimate of drug-likeness (QED) is 0.740. The fraction of sp³-hybridized carbons (Fsp3) is 0.562. The Hall–Kier alpha value is -1.95. The number of carbonyl (C=O) groups excluding carboxylic acids is 2. The Balaban J connectivity index is 1.53. The van der Waals surface area contributed by atoms with E-state index < -0.39 is 0 Å². The van der Waals surface area contributed by atoms with Crippen LogP contribution in [-0.2, 0) is 9.53 Å². The Kier molecular flexibility index (Phi) is 6.83. The molecule has 6 heteroatoms. The van der Waals surface area contributed by atoms with Crippen LogP contribution in [0.15, 0.2) is 24.5 Å². The second-order valence-electron chi connectivity index (χ2n) is 5.46. The number of nitrogens with zero attached hydrogens (tertiary/aromatic N) is 1. The Labute approximate surface area is 130 Å². The van der Waals surface area contributed by atoms with Gasteiger partial charge >= 0.3 is 0 Å². The van der Waals surface area contributed by atoms with E-state index in [0.717, 1.165) is 26.1 Å². The minimum absolute atomic E-state index is 0.0884. The summed E-state index contributed by atoms with van der Waals surface area (Å²) in [6.45, 7) is 2.64. The van der Waals surface area contributed by atoms with E-state index in [1.165, 1.54) is 6.20 Å². The van der Waals surface area contributed by atoms with Crippen LogP contribution in [0.4, 0.5) is 0 Å². The molecule has 0 aliphatic carbocycles. The summed E-state index contributed by atoms with van der Waals surface area (Å²) in [5.74, 6) is 0.395. The molecule has 22 heavy (non-hydrogen) atoms. The van der Waals surface area contributed by atoms with Gasteiger partial charge in [0.15, 0.2) is 0 Å². The number of hydrogen-bond acceptors (Lipinski definition) is 4. The lowest BCUT2D eigenvalue weighted by atomic mass is 9.96. The maximum absolute atomic E-state index is 11.8. The van der Waals surface area contributed by atoms with Gasteiger partial charge in [0, 0.05) is 45.1 Å². The molecule has 0 bridgehead atoms. The van der Waals surface area contributed by atoms with Crippen LogP contribution >= 0.6 is 0 Å². The van der Waals surface area contributed by atoms with Gasteiger partial charge in [-0.05, 0) is 37.3 Å². The predicted octanol–water partition coefficient (Wildman–Crippen LogP) is 1.13. The van der Waals surface area contributed by atoms with E-state index in [2.05, 4.69) is 15.6 Å². The number of pyridine rings is 1. The second kappa shape index (κ2) is 9.15. The van der Waals surface area contributed by atoms with Crippen LogP contribution in [-0.4, -0.2) is 43.1 Å². The Morgan fingerprint density at radius 1 is 1.23 bits per heavy atom. The number of amides is 2. The molecule has 1 aliphatic heterocycles. The van der Waals surface area contributed by atoms with E-state index in [0.29, 0.717) is 37.4 Å². The number of ether oxygens (including phenoxy) is 1. The van der Waals surface area contributed by atoms with Crippen LogP contribution in [0.25, 0.3) is 0 Å². The summed E-state index contributed by atoms with van der Waals surface area (Å²) in [5.41, 5.74) is 0.547. The molecule has 0 unspecified atom stereocenters. The van der Waals surface area contributed by atoms with E-state index in [-0.39, 0.29) is 11.8 Å². The summed E-state index contributed by atoms with van der Waals surface area (Å²) >= 11 is 0. The number of rotatable bonds is 7. The maximum atomic E-state index is 11.8. The van der Waals surface area contributed by atoms with Crippen molar-refractivity contribution in [3.63, 3.8) is 0 Å². The van der Waals surface area contributed by atoms with Crippen molar-refractivity contribution in [2.24, 2.45) is 5.92 Å². The number of nitrogens with one attached hydrogen (secondary N) is 2. The zero-order valence-corrected chi connectivity index (χ0v) is 12.7. The Morgan fingerprint density at radius 2 is 2.00 bits per heavy atom. The lowest BCUT2D eigenvalue weighted by molar-refractivity contribution is -0.122. The lowest BCUT2D eigenvalue weighted by Crippen LogP contribution is -2.31. The highest BCUT2D eigenvalue weighted by Crippen LogP contribution is 2.17. The van der Waals surface area contributed by atoms with Gasteiger partial charge in [0.1, 0.15) is 0 Å². The van der Waals surface area contributed by atoms with Gasteiger partial charge in [-0.25, -0.2) is 0 Å². The maximum Gasteiger partial charge on any atom is 0.252 e. The van der Waals surface area contributed by atoms with E-state index in [9.17, 15) is 9.59 Å². The second-order valence-corrected chi connectivity index (χ2v) is 5.46. The summed E-state index contributed by atoms with van der Waals surface area (Å²) in [7, 11) is 0. The monoisotopic (exact) mass is 305 g/mol. The zero-order chi connectivity index (χ0) is 15.6. The van der Waals surface area contributed by atoms with Crippen molar-refractivity contribution in [2.75, 3.05) is 26.3 Å². The highest BCUT2D eigenvalue weighted by Gasteiger charge is 2.16. The molecule has 1 aromatic heterocycles. The van der Waals surface area contributed by atoms with Crippen molar-refractivity contribution in [1.82, 2.24) is 15.6 Å². The fourth-order valence-corrected chi connectivity index (χ4v) is 2.40. The van der Waals surface area contributed by atoms with E-state index in [4.69, 9.17) is 4.74 Å². The lowest BCUT2D eigenvalue weighted by Gasteiger charge is -2.21. The van der Waals surface area contributed by atoms with Gasteiger partial charge in [-0.15, -0.1) is 0 Å². The topological polar surface area (TPSA) is 80.3 Å². The highest BCUT2D eigenvalue weighted by atomic mass is 16.5. The largest absolute Gasteiger partial charge is 0.381 e. The zero-order valence-electron chi connectivity index (χ0n) is 12.7.